The molecule has 0 unspecified atom stereocenters. The Hall–Kier alpha value is -6.34. The van der Waals surface area contributed by atoms with Gasteiger partial charge in [0.25, 0.3) is 0 Å². The Bertz CT molecular complexity index is 2890. The summed E-state index contributed by atoms with van der Waals surface area (Å²) in [6, 6.07) is 44.1. The maximum atomic E-state index is 4.74. The van der Waals surface area contributed by atoms with Crippen molar-refractivity contribution in [1.29, 1.82) is 0 Å². The molecule has 4 nitrogen and oxygen atoms in total. The number of fused-ring (bicyclic) bond motifs is 3. The Morgan fingerprint density at radius 2 is 0.885 bits per heavy atom. The highest BCUT2D eigenvalue weighted by molar-refractivity contribution is 7.13. The minimum atomic E-state index is 0.955. The van der Waals surface area contributed by atoms with E-state index in [9.17, 15) is 0 Å². The third-order valence-corrected chi connectivity index (χ3v) is 11.4. The highest BCUT2D eigenvalue weighted by atomic mass is 32.1. The Labute approximate surface area is 308 Å². The summed E-state index contributed by atoms with van der Waals surface area (Å²) in [6.45, 7) is 0. The second-order valence-electron chi connectivity index (χ2n) is 12.8. The molecule has 0 saturated carbocycles. The second kappa shape index (κ2) is 12.8. The summed E-state index contributed by atoms with van der Waals surface area (Å²) in [6.07, 6.45) is 11.4. The number of hydrogen-bond acceptors (Lipinski definition) is 6. The molecule has 10 rings (SSSR count). The van der Waals surface area contributed by atoms with E-state index in [1.165, 1.54) is 21.9 Å². The van der Waals surface area contributed by atoms with Gasteiger partial charge in [0.2, 0.25) is 0 Å². The number of benzene rings is 6. The van der Waals surface area contributed by atoms with E-state index in [1.54, 1.807) is 22.7 Å². The lowest BCUT2D eigenvalue weighted by Crippen LogP contribution is -1.93. The predicted molar refractivity (Wildman–Crippen MR) is 219 cm³/mol. The molecule has 6 aromatic carbocycles. The monoisotopic (exact) mass is 700 g/mol. The van der Waals surface area contributed by atoms with Gasteiger partial charge in [-0.15, -0.1) is 22.7 Å². The van der Waals surface area contributed by atoms with Gasteiger partial charge in [-0.1, -0.05) is 103 Å². The van der Waals surface area contributed by atoms with Gasteiger partial charge < -0.3 is 0 Å². The van der Waals surface area contributed by atoms with Crippen LogP contribution in [0.1, 0.15) is 0 Å². The molecule has 0 fully saturated rings. The highest BCUT2D eigenvalue weighted by Gasteiger charge is 2.19. The van der Waals surface area contributed by atoms with Crippen LogP contribution in [-0.4, -0.2) is 19.9 Å². The van der Waals surface area contributed by atoms with Gasteiger partial charge in [-0.05, 0) is 83.9 Å². The van der Waals surface area contributed by atoms with Crippen LogP contribution in [0.15, 0.2) is 169 Å². The summed E-state index contributed by atoms with van der Waals surface area (Å²) in [5.41, 5.74) is 11.2. The molecule has 10 aromatic rings. The lowest BCUT2D eigenvalue weighted by Gasteiger charge is -2.19. The number of hydrogen-bond donors (Lipinski definition) is 0. The van der Waals surface area contributed by atoms with E-state index in [0.717, 1.165) is 76.1 Å². The molecule has 0 N–H and O–H groups in total. The van der Waals surface area contributed by atoms with Gasteiger partial charge in [-0.2, -0.15) is 0 Å². The molecule has 0 aliphatic heterocycles. The lowest BCUT2D eigenvalue weighted by molar-refractivity contribution is 1.31. The minimum Gasteiger partial charge on any atom is -0.263 e. The predicted octanol–water partition coefficient (Wildman–Crippen LogP) is 12.9. The summed E-state index contributed by atoms with van der Waals surface area (Å²) < 4.78 is 0. The summed E-state index contributed by atoms with van der Waals surface area (Å²) in [5.74, 6) is 0. The third kappa shape index (κ3) is 5.28. The minimum absolute atomic E-state index is 0.955. The van der Waals surface area contributed by atoms with Gasteiger partial charge in [-0.25, -0.2) is 9.97 Å². The van der Waals surface area contributed by atoms with Crippen molar-refractivity contribution in [2.24, 2.45) is 0 Å². The zero-order chi connectivity index (χ0) is 34.4. The molecular formula is C46H28N4S2. The SMILES string of the molecule is c1ccc2c(-c3ccc(-c4ccc5c(-c6cncc(-c7nccs7)c6)c6ccccc6c(-c6cncc(-c7nccs7)c6)c5c4)cc3)cccc2c1. The van der Waals surface area contributed by atoms with Crippen molar-refractivity contribution in [3.8, 4) is 65.6 Å². The molecule has 244 valence electrons. The lowest BCUT2D eigenvalue weighted by atomic mass is 9.85. The van der Waals surface area contributed by atoms with Crippen LogP contribution in [0.5, 0.6) is 0 Å². The fraction of sp³-hybridized carbons (Fsp3) is 0. The zero-order valence-electron chi connectivity index (χ0n) is 27.8. The summed E-state index contributed by atoms with van der Waals surface area (Å²) >= 11 is 3.25. The molecule has 52 heavy (non-hydrogen) atoms. The van der Waals surface area contributed by atoms with Gasteiger partial charge in [0.05, 0.1) is 0 Å². The molecule has 0 radical (unpaired) electrons. The fourth-order valence-corrected chi connectivity index (χ4v) is 8.66. The molecule has 6 heteroatoms. The first-order valence-corrected chi connectivity index (χ1v) is 18.8. The first-order valence-electron chi connectivity index (χ1n) is 17.1. The van der Waals surface area contributed by atoms with Crippen LogP contribution in [0.2, 0.25) is 0 Å². The Morgan fingerprint density at radius 3 is 1.52 bits per heavy atom. The molecular weight excluding hydrogens is 673 g/mol. The number of thiazole rings is 2. The average molecular weight is 701 g/mol. The fourth-order valence-electron chi connectivity index (χ4n) is 7.42. The molecule has 0 atom stereocenters. The number of rotatable bonds is 6. The summed E-state index contributed by atoms with van der Waals surface area (Å²) in [4.78, 5) is 18.6. The number of pyridine rings is 2. The van der Waals surface area contributed by atoms with Crippen molar-refractivity contribution in [3.63, 3.8) is 0 Å². The van der Waals surface area contributed by atoms with Crippen LogP contribution in [0.3, 0.4) is 0 Å². The van der Waals surface area contributed by atoms with E-state index >= 15 is 0 Å². The van der Waals surface area contributed by atoms with Gasteiger partial charge in [0.15, 0.2) is 0 Å². The summed E-state index contributed by atoms with van der Waals surface area (Å²) in [5, 5.41) is 13.1. The summed E-state index contributed by atoms with van der Waals surface area (Å²) in [7, 11) is 0. The number of aromatic nitrogens is 4. The van der Waals surface area contributed by atoms with E-state index in [0.29, 0.717) is 0 Å². The first kappa shape index (κ1) is 30.5. The third-order valence-electron chi connectivity index (χ3n) is 9.76. The van der Waals surface area contributed by atoms with Gasteiger partial charge in [0.1, 0.15) is 10.0 Å². The Kier molecular flexibility index (Phi) is 7.48. The maximum Gasteiger partial charge on any atom is 0.124 e. The largest absolute Gasteiger partial charge is 0.263 e. The van der Waals surface area contributed by atoms with Crippen LogP contribution in [-0.2, 0) is 0 Å². The quantitative estimate of drug-likeness (QED) is 0.162. The van der Waals surface area contributed by atoms with E-state index in [1.807, 2.05) is 47.9 Å². The smallest absolute Gasteiger partial charge is 0.124 e. The molecule has 0 spiro atoms. The molecule has 0 aliphatic carbocycles. The molecule has 0 aliphatic rings. The van der Waals surface area contributed by atoms with E-state index in [2.05, 4.69) is 131 Å². The highest BCUT2D eigenvalue weighted by Crippen LogP contribution is 2.46. The zero-order valence-corrected chi connectivity index (χ0v) is 29.4. The van der Waals surface area contributed by atoms with Crippen molar-refractivity contribution < 1.29 is 0 Å². The number of nitrogens with zero attached hydrogens (tertiary/aromatic N) is 4. The van der Waals surface area contributed by atoms with E-state index < -0.39 is 0 Å². The van der Waals surface area contributed by atoms with Gasteiger partial charge in [-0.3, -0.25) is 9.97 Å². The second-order valence-corrected chi connectivity index (χ2v) is 14.5. The van der Waals surface area contributed by atoms with Crippen LogP contribution in [0.25, 0.3) is 98.0 Å². The normalized spacial score (nSPS) is 11.5. The molecule has 0 amide bonds. The van der Waals surface area contributed by atoms with E-state index in [-0.39, 0.29) is 0 Å². The van der Waals surface area contributed by atoms with Crippen molar-refractivity contribution in [2.45, 2.75) is 0 Å². The first-order chi connectivity index (χ1) is 25.8. The van der Waals surface area contributed by atoms with Crippen molar-refractivity contribution in [2.75, 3.05) is 0 Å². The Morgan fingerprint density at radius 1 is 0.365 bits per heavy atom. The van der Waals surface area contributed by atoms with Gasteiger partial charge >= 0.3 is 0 Å². The van der Waals surface area contributed by atoms with Crippen molar-refractivity contribution in [3.05, 3.63) is 169 Å². The molecule has 0 saturated heterocycles. The topological polar surface area (TPSA) is 51.6 Å². The molecule has 0 bridgehead atoms. The van der Waals surface area contributed by atoms with Crippen molar-refractivity contribution >= 4 is 55.0 Å². The average Bonchev–Trinajstić information content (AvgIpc) is 3.96. The Balaban J connectivity index is 1.20. The van der Waals surface area contributed by atoms with Crippen LogP contribution in [0.4, 0.5) is 0 Å². The van der Waals surface area contributed by atoms with E-state index in [4.69, 9.17) is 9.97 Å². The van der Waals surface area contributed by atoms with Gasteiger partial charge in [0, 0.05) is 70.2 Å². The van der Waals surface area contributed by atoms with Crippen LogP contribution in [0, 0.1) is 0 Å². The molecule has 4 aromatic heterocycles. The van der Waals surface area contributed by atoms with Crippen molar-refractivity contribution in [1.82, 2.24) is 19.9 Å². The standard InChI is InChI=1S/C46H28N4S2/c1-2-8-37-30(6-1)7-5-11-38(37)31-14-12-29(13-15-31)32-16-17-41-42(24-32)44(34-23-36(28-48-26-34)46-50-19-21-52-46)40-10-4-3-9-39(40)43(41)33-22-35(27-47-25-33)45-49-18-20-51-45/h1-28H. The van der Waals surface area contributed by atoms with Crippen LogP contribution >= 0.6 is 22.7 Å². The van der Waals surface area contributed by atoms with Crippen LogP contribution < -0.4 is 0 Å². The molecule has 4 heterocycles. The maximum absolute atomic E-state index is 4.74.